The minimum Gasteiger partial charge on any atom is -0.353 e. The van der Waals surface area contributed by atoms with E-state index < -0.39 is 0 Å². The van der Waals surface area contributed by atoms with E-state index in [9.17, 15) is 4.79 Å². The molecule has 0 bridgehead atoms. The van der Waals surface area contributed by atoms with Gasteiger partial charge >= 0.3 is 0 Å². The first-order valence-corrected chi connectivity index (χ1v) is 8.35. The Morgan fingerprint density at radius 2 is 2.00 bits per heavy atom. The number of thiophene rings is 1. The average molecular weight is 309 g/mol. The SMILES string of the molecule is Cc1nc(SCC(=O)NC(C)C)c2c(C)c(C)sc2n1. The topological polar surface area (TPSA) is 54.9 Å². The lowest BCUT2D eigenvalue weighted by atomic mass is 10.2. The third-order valence-electron chi connectivity index (χ3n) is 2.90. The van der Waals surface area contributed by atoms with Crippen LogP contribution in [0.15, 0.2) is 5.03 Å². The fourth-order valence-electron chi connectivity index (χ4n) is 1.92. The van der Waals surface area contributed by atoms with Gasteiger partial charge in [0.05, 0.1) is 5.75 Å². The lowest BCUT2D eigenvalue weighted by Crippen LogP contribution is -2.31. The number of thioether (sulfide) groups is 1. The van der Waals surface area contributed by atoms with E-state index in [-0.39, 0.29) is 11.9 Å². The van der Waals surface area contributed by atoms with Crippen LogP contribution in [0.2, 0.25) is 0 Å². The van der Waals surface area contributed by atoms with Gasteiger partial charge in [-0.1, -0.05) is 11.8 Å². The van der Waals surface area contributed by atoms with Crippen molar-refractivity contribution in [1.82, 2.24) is 15.3 Å². The molecule has 2 rings (SSSR count). The summed E-state index contributed by atoms with van der Waals surface area (Å²) in [5.41, 5.74) is 1.22. The fraction of sp³-hybridized carbons (Fsp3) is 0.500. The first kappa shape index (κ1) is 15.3. The Labute approximate surface area is 127 Å². The highest BCUT2D eigenvalue weighted by Crippen LogP contribution is 2.34. The molecule has 0 aromatic carbocycles. The van der Waals surface area contributed by atoms with Gasteiger partial charge in [0.25, 0.3) is 0 Å². The van der Waals surface area contributed by atoms with Gasteiger partial charge in [-0.2, -0.15) is 0 Å². The van der Waals surface area contributed by atoms with E-state index in [1.165, 1.54) is 22.2 Å². The Morgan fingerprint density at radius 3 is 2.65 bits per heavy atom. The van der Waals surface area contributed by atoms with Crippen LogP contribution in [0, 0.1) is 20.8 Å². The highest BCUT2D eigenvalue weighted by atomic mass is 32.2. The zero-order valence-electron chi connectivity index (χ0n) is 12.4. The van der Waals surface area contributed by atoms with Crippen LogP contribution in [0.3, 0.4) is 0 Å². The molecule has 6 heteroatoms. The molecule has 0 saturated heterocycles. The van der Waals surface area contributed by atoms with E-state index in [0.717, 1.165) is 21.1 Å². The Morgan fingerprint density at radius 1 is 1.30 bits per heavy atom. The van der Waals surface area contributed by atoms with E-state index in [0.29, 0.717) is 5.75 Å². The van der Waals surface area contributed by atoms with Crippen molar-refractivity contribution < 1.29 is 4.79 Å². The van der Waals surface area contributed by atoms with Gasteiger partial charge in [0.1, 0.15) is 15.7 Å². The Kier molecular flexibility index (Phi) is 4.65. The van der Waals surface area contributed by atoms with Crippen molar-refractivity contribution in [3.8, 4) is 0 Å². The van der Waals surface area contributed by atoms with E-state index in [2.05, 4.69) is 29.1 Å². The number of fused-ring (bicyclic) bond motifs is 1. The summed E-state index contributed by atoms with van der Waals surface area (Å²) in [7, 11) is 0. The summed E-state index contributed by atoms with van der Waals surface area (Å²) in [5, 5.41) is 4.90. The number of carbonyl (C=O) groups is 1. The number of hydrogen-bond donors (Lipinski definition) is 1. The highest BCUT2D eigenvalue weighted by Gasteiger charge is 2.15. The fourth-order valence-corrected chi connectivity index (χ4v) is 4.00. The van der Waals surface area contributed by atoms with Gasteiger partial charge in [0, 0.05) is 16.3 Å². The van der Waals surface area contributed by atoms with Crippen molar-refractivity contribution in [2.45, 2.75) is 45.7 Å². The molecule has 4 nitrogen and oxygen atoms in total. The Balaban J connectivity index is 2.27. The number of nitrogens with one attached hydrogen (secondary N) is 1. The maximum absolute atomic E-state index is 11.8. The summed E-state index contributed by atoms with van der Waals surface area (Å²) in [6.45, 7) is 9.99. The van der Waals surface area contributed by atoms with Crippen molar-refractivity contribution >= 4 is 39.2 Å². The molecule has 2 heterocycles. The maximum atomic E-state index is 11.8. The quantitative estimate of drug-likeness (QED) is 0.696. The number of amides is 1. The van der Waals surface area contributed by atoms with Gasteiger partial charge in [0.2, 0.25) is 5.91 Å². The summed E-state index contributed by atoms with van der Waals surface area (Å²) < 4.78 is 0. The van der Waals surface area contributed by atoms with Crippen LogP contribution < -0.4 is 5.32 Å². The second-order valence-electron chi connectivity index (χ2n) is 5.05. The van der Waals surface area contributed by atoms with Gasteiger partial charge in [0.15, 0.2) is 0 Å². The summed E-state index contributed by atoms with van der Waals surface area (Å²) >= 11 is 3.17. The van der Waals surface area contributed by atoms with Crippen molar-refractivity contribution in [1.29, 1.82) is 0 Å². The lowest BCUT2D eigenvalue weighted by molar-refractivity contribution is -0.119. The average Bonchev–Trinajstić information content (AvgIpc) is 2.61. The summed E-state index contributed by atoms with van der Waals surface area (Å²) in [6.07, 6.45) is 0. The van der Waals surface area contributed by atoms with Gasteiger partial charge in [-0.3, -0.25) is 4.79 Å². The molecule has 2 aromatic rings. The predicted molar refractivity (Wildman–Crippen MR) is 85.6 cm³/mol. The van der Waals surface area contributed by atoms with Crippen LogP contribution in [-0.2, 0) is 4.79 Å². The van der Waals surface area contributed by atoms with Gasteiger partial charge in [-0.05, 0) is 40.2 Å². The summed E-state index contributed by atoms with van der Waals surface area (Å²) in [4.78, 5) is 23.0. The standard InChI is InChI=1S/C14H19N3OS2/c1-7(2)15-11(18)6-19-13-12-8(3)9(4)20-14(12)17-10(5)16-13/h7H,6H2,1-5H3,(H,15,18). The highest BCUT2D eigenvalue weighted by molar-refractivity contribution is 8.00. The molecule has 1 N–H and O–H groups in total. The van der Waals surface area contributed by atoms with E-state index >= 15 is 0 Å². The molecular weight excluding hydrogens is 290 g/mol. The van der Waals surface area contributed by atoms with Crippen LogP contribution in [0.1, 0.15) is 30.1 Å². The molecule has 0 spiro atoms. The number of carbonyl (C=O) groups excluding carboxylic acids is 1. The second kappa shape index (κ2) is 6.10. The predicted octanol–water partition coefficient (Wildman–Crippen LogP) is 3.23. The van der Waals surface area contributed by atoms with Crippen LogP contribution >= 0.6 is 23.1 Å². The van der Waals surface area contributed by atoms with Crippen molar-refractivity contribution in [2.75, 3.05) is 5.75 Å². The van der Waals surface area contributed by atoms with Gasteiger partial charge < -0.3 is 5.32 Å². The molecule has 108 valence electrons. The minimum atomic E-state index is 0.0408. The smallest absolute Gasteiger partial charge is 0.230 e. The summed E-state index contributed by atoms with van der Waals surface area (Å²) in [5.74, 6) is 1.18. The number of aryl methyl sites for hydroxylation is 3. The number of rotatable bonds is 4. The zero-order valence-corrected chi connectivity index (χ0v) is 14.0. The maximum Gasteiger partial charge on any atom is 0.230 e. The van der Waals surface area contributed by atoms with Gasteiger partial charge in [-0.15, -0.1) is 11.3 Å². The monoisotopic (exact) mass is 309 g/mol. The lowest BCUT2D eigenvalue weighted by Gasteiger charge is -2.08. The Hall–Kier alpha value is -1.14. The molecule has 0 unspecified atom stereocenters. The third kappa shape index (κ3) is 3.30. The molecule has 0 atom stereocenters. The molecule has 0 aliphatic rings. The van der Waals surface area contributed by atoms with Crippen molar-refractivity contribution in [2.24, 2.45) is 0 Å². The van der Waals surface area contributed by atoms with Crippen LogP contribution in [-0.4, -0.2) is 27.7 Å². The molecule has 0 aliphatic heterocycles. The number of aromatic nitrogens is 2. The molecule has 1 amide bonds. The zero-order chi connectivity index (χ0) is 14.9. The molecule has 0 saturated carbocycles. The van der Waals surface area contributed by atoms with E-state index in [1.54, 1.807) is 11.3 Å². The van der Waals surface area contributed by atoms with Crippen molar-refractivity contribution in [3.63, 3.8) is 0 Å². The first-order valence-electron chi connectivity index (χ1n) is 6.55. The van der Waals surface area contributed by atoms with Gasteiger partial charge in [-0.25, -0.2) is 9.97 Å². The van der Waals surface area contributed by atoms with Crippen LogP contribution in [0.4, 0.5) is 0 Å². The molecule has 0 fully saturated rings. The third-order valence-corrected chi connectivity index (χ3v) is 4.97. The minimum absolute atomic E-state index is 0.0408. The Bertz CT molecular complexity index is 649. The van der Waals surface area contributed by atoms with Crippen LogP contribution in [0.5, 0.6) is 0 Å². The van der Waals surface area contributed by atoms with E-state index in [4.69, 9.17) is 0 Å². The van der Waals surface area contributed by atoms with E-state index in [1.807, 2.05) is 20.8 Å². The summed E-state index contributed by atoms with van der Waals surface area (Å²) in [6, 6.07) is 0.167. The number of hydrogen-bond acceptors (Lipinski definition) is 5. The normalized spacial score (nSPS) is 11.3. The molecule has 0 aliphatic carbocycles. The van der Waals surface area contributed by atoms with Crippen molar-refractivity contribution in [3.05, 3.63) is 16.3 Å². The molecular formula is C14H19N3OS2. The number of nitrogens with zero attached hydrogens (tertiary/aromatic N) is 2. The molecule has 2 aromatic heterocycles. The first-order chi connectivity index (χ1) is 9.38. The van der Waals surface area contributed by atoms with Crippen LogP contribution in [0.25, 0.3) is 10.2 Å². The molecule has 0 radical (unpaired) electrons. The second-order valence-corrected chi connectivity index (χ2v) is 7.22. The largest absolute Gasteiger partial charge is 0.353 e. The molecule has 20 heavy (non-hydrogen) atoms.